The van der Waals surface area contributed by atoms with Gasteiger partial charge in [-0.2, -0.15) is 13.2 Å². The highest BCUT2D eigenvalue weighted by Gasteiger charge is 2.38. The molecule has 1 aliphatic heterocycles. The number of rotatable bonds is 9. The molecule has 274 valence electrons. The van der Waals surface area contributed by atoms with Gasteiger partial charge in [0, 0.05) is 39.7 Å². The SMILES string of the molecule is COc1ccc(NC(=O)CCCNC(=O)C[C@@H]2N=C(c3ccc(Cl)cc3)c3c(sc(C)c3C)-n3c(C)nnc32)cc1C#CCN.O=C(O)C(F)(F)F. The molecule has 1 aliphatic rings. The van der Waals surface area contributed by atoms with E-state index >= 15 is 0 Å². The average molecular weight is 758 g/mol. The number of thiophene rings is 1. The summed E-state index contributed by atoms with van der Waals surface area (Å²) in [6.45, 7) is 6.63. The van der Waals surface area contributed by atoms with Crippen LogP contribution in [0.25, 0.3) is 5.00 Å². The van der Waals surface area contributed by atoms with Crippen molar-refractivity contribution in [1.29, 1.82) is 0 Å². The summed E-state index contributed by atoms with van der Waals surface area (Å²) in [4.78, 5) is 41.0. The van der Waals surface area contributed by atoms with Crippen molar-refractivity contribution in [3.63, 3.8) is 0 Å². The molecule has 5 N–H and O–H groups in total. The van der Waals surface area contributed by atoms with Gasteiger partial charge in [-0.15, -0.1) is 21.5 Å². The van der Waals surface area contributed by atoms with E-state index < -0.39 is 18.2 Å². The van der Waals surface area contributed by atoms with E-state index in [4.69, 9.17) is 37.0 Å². The number of fused-ring (bicyclic) bond motifs is 3. The summed E-state index contributed by atoms with van der Waals surface area (Å²) in [7, 11) is 1.56. The van der Waals surface area contributed by atoms with Crippen molar-refractivity contribution < 1.29 is 37.4 Å². The predicted molar refractivity (Wildman–Crippen MR) is 191 cm³/mol. The van der Waals surface area contributed by atoms with Gasteiger partial charge in [0.15, 0.2) is 5.82 Å². The number of nitrogens with one attached hydrogen (secondary N) is 2. The highest BCUT2D eigenvalue weighted by atomic mass is 35.5. The molecule has 0 bridgehead atoms. The van der Waals surface area contributed by atoms with Crippen LogP contribution in [0.15, 0.2) is 47.5 Å². The number of anilines is 1. The number of amides is 2. The lowest BCUT2D eigenvalue weighted by atomic mass is 9.99. The molecule has 2 aromatic heterocycles. The lowest BCUT2D eigenvalue weighted by Crippen LogP contribution is -2.27. The summed E-state index contributed by atoms with van der Waals surface area (Å²) in [6.07, 6.45) is -4.32. The van der Waals surface area contributed by atoms with Crippen LogP contribution in [0.5, 0.6) is 5.75 Å². The lowest BCUT2D eigenvalue weighted by Gasteiger charge is -2.13. The molecule has 0 aliphatic carbocycles. The number of benzene rings is 2. The minimum atomic E-state index is -5.08. The Labute approximate surface area is 306 Å². The number of hydrogen-bond acceptors (Lipinski definition) is 9. The van der Waals surface area contributed by atoms with E-state index in [-0.39, 0.29) is 31.2 Å². The Balaban J connectivity index is 0.000000785. The largest absolute Gasteiger partial charge is 0.495 e. The maximum absolute atomic E-state index is 13.2. The van der Waals surface area contributed by atoms with E-state index in [2.05, 4.69) is 46.5 Å². The van der Waals surface area contributed by atoms with Crippen LogP contribution in [0.3, 0.4) is 0 Å². The molecule has 0 fully saturated rings. The third kappa shape index (κ3) is 9.75. The molecule has 0 saturated heterocycles. The summed E-state index contributed by atoms with van der Waals surface area (Å²) >= 11 is 7.86. The molecular formula is C35H35ClF3N7O5S. The van der Waals surface area contributed by atoms with Crippen LogP contribution >= 0.6 is 22.9 Å². The van der Waals surface area contributed by atoms with E-state index in [1.807, 2.05) is 35.8 Å². The van der Waals surface area contributed by atoms with Gasteiger partial charge in [-0.25, -0.2) is 4.79 Å². The van der Waals surface area contributed by atoms with Crippen LogP contribution in [-0.2, 0) is 14.4 Å². The number of aryl methyl sites for hydroxylation is 2. The number of carboxylic acid groups (broad SMARTS) is 1. The van der Waals surface area contributed by atoms with Crippen LogP contribution in [0.2, 0.25) is 5.02 Å². The standard InChI is InChI=1S/C33H34ClN7O3S.C2HF3O2/c1-19-20(2)45-33-30(19)31(22-9-11-24(34)12-10-22)38-26(32-40-39-21(3)41(32)33)18-29(43)36-16-6-8-28(42)37-25-13-14-27(44-4)23(17-25)7-5-15-35;3-2(4,5)1(6)7/h9-14,17,26H,6,8,15-16,18,35H2,1-4H3,(H,36,43)(H,37,42);(H,6,7)/t26-;/m0./s1. The van der Waals surface area contributed by atoms with Gasteiger partial charge in [0.05, 0.1) is 31.4 Å². The van der Waals surface area contributed by atoms with Gasteiger partial charge < -0.3 is 26.2 Å². The molecule has 4 aromatic rings. The summed E-state index contributed by atoms with van der Waals surface area (Å²) in [6, 6.07) is 12.2. The molecule has 17 heteroatoms. The maximum Gasteiger partial charge on any atom is 0.490 e. The molecule has 1 atom stereocenters. The van der Waals surface area contributed by atoms with Crippen molar-refractivity contribution in [3.05, 3.63) is 86.3 Å². The van der Waals surface area contributed by atoms with Crippen LogP contribution in [0.1, 0.15) is 64.1 Å². The van der Waals surface area contributed by atoms with Gasteiger partial charge in [0.2, 0.25) is 11.8 Å². The van der Waals surface area contributed by atoms with Crippen LogP contribution in [-0.4, -0.2) is 69.7 Å². The topological polar surface area (TPSA) is 174 Å². The van der Waals surface area contributed by atoms with E-state index in [1.54, 1.807) is 36.6 Å². The lowest BCUT2D eigenvalue weighted by molar-refractivity contribution is -0.192. The monoisotopic (exact) mass is 757 g/mol. The quantitative estimate of drug-likeness (QED) is 0.125. The molecule has 5 rings (SSSR count). The fourth-order valence-corrected chi connectivity index (χ4v) is 6.45. The highest BCUT2D eigenvalue weighted by molar-refractivity contribution is 7.15. The number of ether oxygens (including phenoxy) is 1. The third-order valence-corrected chi connectivity index (χ3v) is 9.13. The van der Waals surface area contributed by atoms with Crippen molar-refractivity contribution in [2.45, 2.75) is 52.3 Å². The second kappa shape index (κ2) is 17.3. The van der Waals surface area contributed by atoms with Crippen LogP contribution < -0.4 is 21.1 Å². The number of methoxy groups -OCH3 is 1. The summed E-state index contributed by atoms with van der Waals surface area (Å²) in [5, 5.41) is 23.4. The normalized spacial score (nSPS) is 13.2. The number of aliphatic carboxylic acids is 1. The average Bonchev–Trinajstić information content (AvgIpc) is 3.57. The first-order valence-electron chi connectivity index (χ1n) is 15.7. The molecule has 0 spiro atoms. The molecular weight excluding hydrogens is 723 g/mol. The van der Waals surface area contributed by atoms with Gasteiger partial charge in [-0.3, -0.25) is 19.1 Å². The van der Waals surface area contributed by atoms with E-state index in [0.717, 1.165) is 33.2 Å². The highest BCUT2D eigenvalue weighted by Crippen LogP contribution is 2.39. The molecule has 0 unspecified atom stereocenters. The Bertz CT molecular complexity index is 2050. The molecule has 0 saturated carbocycles. The number of alkyl halides is 3. The van der Waals surface area contributed by atoms with Crippen molar-refractivity contribution in [1.82, 2.24) is 20.1 Å². The third-order valence-electron chi connectivity index (χ3n) is 7.69. The molecule has 52 heavy (non-hydrogen) atoms. The molecule has 12 nitrogen and oxygen atoms in total. The number of nitrogens with zero attached hydrogens (tertiary/aromatic N) is 4. The van der Waals surface area contributed by atoms with Crippen LogP contribution in [0, 0.1) is 32.6 Å². The number of hydrogen-bond donors (Lipinski definition) is 4. The van der Waals surface area contributed by atoms with Crippen LogP contribution in [0.4, 0.5) is 18.9 Å². The van der Waals surface area contributed by atoms with Crippen molar-refractivity contribution in [2.75, 3.05) is 25.5 Å². The van der Waals surface area contributed by atoms with Gasteiger partial charge in [-0.1, -0.05) is 35.6 Å². The summed E-state index contributed by atoms with van der Waals surface area (Å²) in [5.41, 5.74) is 10.6. The fraction of sp³-hybridized carbons (Fsp3) is 0.314. The minimum absolute atomic E-state index is 0.0762. The van der Waals surface area contributed by atoms with E-state index in [1.165, 1.54) is 4.88 Å². The van der Waals surface area contributed by atoms with Gasteiger partial charge in [0.1, 0.15) is 22.6 Å². The second-order valence-corrected chi connectivity index (χ2v) is 13.0. The predicted octanol–water partition coefficient (Wildman–Crippen LogP) is 5.68. The molecule has 3 heterocycles. The minimum Gasteiger partial charge on any atom is -0.495 e. The van der Waals surface area contributed by atoms with Gasteiger partial charge >= 0.3 is 12.1 Å². The summed E-state index contributed by atoms with van der Waals surface area (Å²) in [5.74, 6) is 4.57. The number of carbonyl (C=O) groups excluding carboxylic acids is 2. The zero-order valence-corrected chi connectivity index (χ0v) is 30.1. The fourth-order valence-electron chi connectivity index (χ4n) is 5.11. The number of nitrogens with two attached hydrogens (primary N) is 1. The molecule has 2 aromatic carbocycles. The van der Waals surface area contributed by atoms with Crippen molar-refractivity contribution in [2.24, 2.45) is 10.7 Å². The molecule has 2 amide bonds. The van der Waals surface area contributed by atoms with Crippen molar-refractivity contribution >= 4 is 52.1 Å². The smallest absolute Gasteiger partial charge is 0.490 e. The Morgan fingerprint density at radius 1 is 1.10 bits per heavy atom. The Hall–Kier alpha value is -5.24. The Morgan fingerprint density at radius 2 is 1.79 bits per heavy atom. The second-order valence-electron chi connectivity index (χ2n) is 11.3. The maximum atomic E-state index is 13.2. The van der Waals surface area contributed by atoms with Gasteiger partial charge in [0.25, 0.3) is 0 Å². The van der Waals surface area contributed by atoms with Crippen molar-refractivity contribution in [3.8, 4) is 22.6 Å². The first-order chi connectivity index (χ1) is 24.6. The molecule has 0 radical (unpaired) electrons. The number of carboxylic acids is 1. The summed E-state index contributed by atoms with van der Waals surface area (Å²) < 4.78 is 39.1. The van der Waals surface area contributed by atoms with Gasteiger partial charge in [-0.05, 0) is 63.1 Å². The number of aromatic nitrogens is 3. The van der Waals surface area contributed by atoms with E-state index in [0.29, 0.717) is 40.8 Å². The number of halogens is 4. The van der Waals surface area contributed by atoms with E-state index in [9.17, 15) is 22.8 Å². The Morgan fingerprint density at radius 3 is 2.42 bits per heavy atom. The Kier molecular flexibility index (Phi) is 13.2. The first kappa shape index (κ1) is 39.5. The first-order valence-corrected chi connectivity index (χ1v) is 16.9. The zero-order valence-electron chi connectivity index (χ0n) is 28.5. The zero-order chi connectivity index (χ0) is 38.2. The number of aliphatic imine (C=N–C) groups is 1. The number of carbonyl (C=O) groups is 3.